The Morgan fingerprint density at radius 3 is 2.70 bits per heavy atom. The van der Waals surface area contributed by atoms with Crippen molar-refractivity contribution in [2.75, 3.05) is 5.32 Å². The Hall–Kier alpha value is -2.00. The molecule has 0 saturated heterocycles. The third-order valence-electron chi connectivity index (χ3n) is 3.32. The fraction of sp³-hybridized carbons (Fsp3) is 0.188. The van der Waals surface area contributed by atoms with E-state index in [1.807, 2.05) is 24.3 Å². The van der Waals surface area contributed by atoms with Crippen LogP contribution in [0.15, 0.2) is 48.5 Å². The van der Waals surface area contributed by atoms with Crippen molar-refractivity contribution in [3.63, 3.8) is 0 Å². The lowest BCUT2D eigenvalue weighted by molar-refractivity contribution is -0.123. The van der Waals surface area contributed by atoms with Crippen LogP contribution in [0.5, 0.6) is 5.75 Å². The number of aryl methyl sites for hydroxylation is 1. The number of carbonyl (C=O) groups is 1. The second kappa shape index (κ2) is 5.55. The molecule has 1 aliphatic heterocycles. The van der Waals surface area contributed by atoms with E-state index in [1.54, 1.807) is 24.3 Å². The zero-order valence-electron chi connectivity index (χ0n) is 10.8. The summed E-state index contributed by atoms with van der Waals surface area (Å²) in [5.41, 5.74) is 1.88. The number of rotatable bonds is 2. The highest BCUT2D eigenvalue weighted by Gasteiger charge is 2.25. The first-order valence-corrected chi connectivity index (χ1v) is 6.91. The molecule has 0 aliphatic carbocycles. The molecule has 3 rings (SSSR count). The quantitative estimate of drug-likeness (QED) is 0.915. The summed E-state index contributed by atoms with van der Waals surface area (Å²) in [6.07, 6.45) is 1.10. The molecule has 2 aromatic carbocycles. The van der Waals surface area contributed by atoms with Crippen LogP contribution >= 0.6 is 11.6 Å². The van der Waals surface area contributed by atoms with E-state index in [2.05, 4.69) is 5.32 Å². The van der Waals surface area contributed by atoms with Crippen LogP contribution in [0.3, 0.4) is 0 Å². The molecule has 1 unspecified atom stereocenters. The van der Waals surface area contributed by atoms with Gasteiger partial charge in [0, 0.05) is 10.7 Å². The van der Waals surface area contributed by atoms with Crippen LogP contribution in [0.1, 0.15) is 12.0 Å². The number of fused-ring (bicyclic) bond motifs is 1. The first-order valence-electron chi connectivity index (χ1n) is 6.53. The first-order chi connectivity index (χ1) is 9.72. The molecule has 0 bridgehead atoms. The molecule has 0 saturated carbocycles. The normalized spacial score (nSPS) is 16.9. The molecule has 1 heterocycles. The maximum Gasteiger partial charge on any atom is 0.265 e. The molecule has 0 fully saturated rings. The second-order valence-electron chi connectivity index (χ2n) is 4.75. The summed E-state index contributed by atoms with van der Waals surface area (Å²) < 4.78 is 5.75. The number of nitrogens with one attached hydrogen (secondary N) is 1. The van der Waals surface area contributed by atoms with E-state index in [4.69, 9.17) is 16.3 Å². The Balaban J connectivity index is 1.68. The summed E-state index contributed by atoms with van der Waals surface area (Å²) >= 11 is 5.82. The van der Waals surface area contributed by atoms with Crippen molar-refractivity contribution in [3.8, 4) is 5.75 Å². The molecule has 3 nitrogen and oxygen atoms in total. The number of para-hydroxylation sites is 1. The molecule has 1 amide bonds. The predicted octanol–water partition coefficient (Wildman–Crippen LogP) is 3.67. The highest BCUT2D eigenvalue weighted by Crippen LogP contribution is 2.27. The number of anilines is 1. The molecule has 102 valence electrons. The summed E-state index contributed by atoms with van der Waals surface area (Å²) in [6.45, 7) is 0. The van der Waals surface area contributed by atoms with E-state index in [9.17, 15) is 4.79 Å². The topological polar surface area (TPSA) is 38.3 Å². The van der Waals surface area contributed by atoms with Crippen molar-refractivity contribution in [1.82, 2.24) is 0 Å². The molecule has 0 aromatic heterocycles. The smallest absolute Gasteiger partial charge is 0.265 e. The lowest BCUT2D eigenvalue weighted by Crippen LogP contribution is -2.35. The van der Waals surface area contributed by atoms with Gasteiger partial charge in [-0.05, 0) is 48.7 Å². The SMILES string of the molecule is O=C(Nc1ccc(Cl)cc1)C1CCc2ccccc2O1. The van der Waals surface area contributed by atoms with Gasteiger partial charge in [0.2, 0.25) is 0 Å². The van der Waals surface area contributed by atoms with Crippen molar-refractivity contribution in [1.29, 1.82) is 0 Å². The van der Waals surface area contributed by atoms with Gasteiger partial charge in [0.1, 0.15) is 5.75 Å². The van der Waals surface area contributed by atoms with E-state index >= 15 is 0 Å². The minimum absolute atomic E-state index is 0.123. The van der Waals surface area contributed by atoms with Crippen LogP contribution in [0, 0.1) is 0 Å². The average Bonchev–Trinajstić information content (AvgIpc) is 2.49. The molecule has 1 aliphatic rings. The summed E-state index contributed by atoms with van der Waals surface area (Å²) in [6, 6.07) is 14.9. The summed E-state index contributed by atoms with van der Waals surface area (Å²) in [5.74, 6) is 0.678. The van der Waals surface area contributed by atoms with Crippen LogP contribution in [0.4, 0.5) is 5.69 Å². The van der Waals surface area contributed by atoms with Gasteiger partial charge in [0.25, 0.3) is 5.91 Å². The Morgan fingerprint density at radius 2 is 1.90 bits per heavy atom. The highest BCUT2D eigenvalue weighted by molar-refractivity contribution is 6.30. The lowest BCUT2D eigenvalue weighted by atomic mass is 10.0. The van der Waals surface area contributed by atoms with Crippen LogP contribution < -0.4 is 10.1 Å². The third-order valence-corrected chi connectivity index (χ3v) is 3.57. The van der Waals surface area contributed by atoms with E-state index < -0.39 is 6.10 Å². The molecule has 1 N–H and O–H groups in total. The number of hydrogen-bond acceptors (Lipinski definition) is 2. The van der Waals surface area contributed by atoms with Crippen molar-refractivity contribution < 1.29 is 9.53 Å². The van der Waals surface area contributed by atoms with E-state index in [-0.39, 0.29) is 5.91 Å². The summed E-state index contributed by atoms with van der Waals surface area (Å²) in [7, 11) is 0. The van der Waals surface area contributed by atoms with Gasteiger partial charge < -0.3 is 10.1 Å². The number of carbonyl (C=O) groups excluding carboxylic acids is 1. The summed E-state index contributed by atoms with van der Waals surface area (Å²) in [4.78, 5) is 12.2. The fourth-order valence-corrected chi connectivity index (χ4v) is 2.39. The number of halogens is 1. The van der Waals surface area contributed by atoms with Gasteiger partial charge in [-0.2, -0.15) is 0 Å². The molecular weight excluding hydrogens is 274 g/mol. The zero-order valence-corrected chi connectivity index (χ0v) is 11.6. The van der Waals surface area contributed by atoms with Crippen molar-refractivity contribution in [2.45, 2.75) is 18.9 Å². The third kappa shape index (κ3) is 2.78. The van der Waals surface area contributed by atoms with Gasteiger partial charge in [-0.15, -0.1) is 0 Å². The van der Waals surface area contributed by atoms with Crippen molar-refractivity contribution in [2.24, 2.45) is 0 Å². The summed E-state index contributed by atoms with van der Waals surface area (Å²) in [5, 5.41) is 3.49. The molecule has 4 heteroatoms. The van der Waals surface area contributed by atoms with Gasteiger partial charge in [-0.3, -0.25) is 4.79 Å². The molecule has 2 aromatic rings. The van der Waals surface area contributed by atoms with Crippen LogP contribution in [0.2, 0.25) is 5.02 Å². The van der Waals surface area contributed by atoms with E-state index in [0.29, 0.717) is 11.4 Å². The molecule has 0 spiro atoms. The number of ether oxygens (including phenoxy) is 1. The van der Waals surface area contributed by atoms with Crippen molar-refractivity contribution >= 4 is 23.2 Å². The lowest BCUT2D eigenvalue weighted by Gasteiger charge is -2.25. The second-order valence-corrected chi connectivity index (χ2v) is 5.19. The van der Waals surface area contributed by atoms with Crippen LogP contribution in [-0.4, -0.2) is 12.0 Å². The maximum atomic E-state index is 12.2. The van der Waals surface area contributed by atoms with Gasteiger partial charge in [0.05, 0.1) is 0 Å². The minimum Gasteiger partial charge on any atom is -0.480 e. The Bertz CT molecular complexity index is 625. The van der Waals surface area contributed by atoms with Gasteiger partial charge >= 0.3 is 0 Å². The fourth-order valence-electron chi connectivity index (χ4n) is 2.26. The number of hydrogen-bond donors (Lipinski definition) is 1. The van der Waals surface area contributed by atoms with Gasteiger partial charge in [0.15, 0.2) is 6.10 Å². The highest BCUT2D eigenvalue weighted by atomic mass is 35.5. The largest absolute Gasteiger partial charge is 0.480 e. The predicted molar refractivity (Wildman–Crippen MR) is 79.3 cm³/mol. The number of amides is 1. The first kappa shape index (κ1) is 13.0. The van der Waals surface area contributed by atoms with E-state index in [0.717, 1.165) is 23.4 Å². The minimum atomic E-state index is -0.444. The van der Waals surface area contributed by atoms with Crippen LogP contribution in [-0.2, 0) is 11.2 Å². The molecule has 20 heavy (non-hydrogen) atoms. The van der Waals surface area contributed by atoms with E-state index in [1.165, 1.54) is 0 Å². The Kier molecular flexibility index (Phi) is 3.61. The molecule has 1 atom stereocenters. The Morgan fingerprint density at radius 1 is 1.15 bits per heavy atom. The number of benzene rings is 2. The average molecular weight is 288 g/mol. The molecule has 0 radical (unpaired) electrons. The monoisotopic (exact) mass is 287 g/mol. The maximum absolute atomic E-state index is 12.2. The van der Waals surface area contributed by atoms with Crippen molar-refractivity contribution in [3.05, 3.63) is 59.1 Å². The zero-order chi connectivity index (χ0) is 13.9. The Labute approximate surface area is 122 Å². The van der Waals surface area contributed by atoms with Gasteiger partial charge in [-0.1, -0.05) is 29.8 Å². The van der Waals surface area contributed by atoms with Crippen LogP contribution in [0.25, 0.3) is 0 Å². The van der Waals surface area contributed by atoms with Gasteiger partial charge in [-0.25, -0.2) is 0 Å². The molecular formula is C16H14ClNO2. The standard InChI is InChI=1S/C16H14ClNO2/c17-12-6-8-13(9-7-12)18-16(19)15-10-5-11-3-1-2-4-14(11)20-15/h1-4,6-9,15H,5,10H2,(H,18,19).